The van der Waals surface area contributed by atoms with E-state index in [1.165, 1.54) is 18.4 Å². The summed E-state index contributed by atoms with van der Waals surface area (Å²) in [4.78, 5) is 9.35. The van der Waals surface area contributed by atoms with Crippen LogP contribution in [0, 0.1) is 0 Å². The van der Waals surface area contributed by atoms with Crippen LogP contribution in [0.5, 0.6) is 0 Å². The van der Waals surface area contributed by atoms with Gasteiger partial charge in [0, 0.05) is 38.8 Å². The van der Waals surface area contributed by atoms with E-state index in [4.69, 9.17) is 0 Å². The van der Waals surface area contributed by atoms with Crippen LogP contribution in [0.2, 0.25) is 0 Å². The van der Waals surface area contributed by atoms with Gasteiger partial charge in [-0.1, -0.05) is 30.3 Å². The quantitative estimate of drug-likeness (QED) is 0.921. The van der Waals surface area contributed by atoms with E-state index in [0.717, 1.165) is 32.1 Å². The predicted molar refractivity (Wildman–Crippen MR) is 87.4 cm³/mol. The first kappa shape index (κ1) is 14.4. The van der Waals surface area contributed by atoms with Crippen LogP contribution in [0.15, 0.2) is 35.3 Å². The van der Waals surface area contributed by atoms with E-state index in [9.17, 15) is 0 Å². The van der Waals surface area contributed by atoms with E-state index in [0.29, 0.717) is 12.1 Å². The molecular weight excluding hydrogens is 260 g/mol. The summed E-state index contributed by atoms with van der Waals surface area (Å²) in [7, 11) is 2.12. The summed E-state index contributed by atoms with van der Waals surface area (Å²) >= 11 is 0. The molecule has 1 aromatic rings. The van der Waals surface area contributed by atoms with Crippen molar-refractivity contribution in [3.63, 3.8) is 0 Å². The number of guanidine groups is 1. The molecule has 2 unspecified atom stereocenters. The molecule has 2 atom stereocenters. The van der Waals surface area contributed by atoms with Gasteiger partial charge in [0.1, 0.15) is 0 Å². The number of hydrogen-bond donors (Lipinski definition) is 1. The molecule has 4 nitrogen and oxygen atoms in total. The summed E-state index contributed by atoms with van der Waals surface area (Å²) in [6, 6.07) is 12.0. The second-order valence-electron chi connectivity index (χ2n) is 6.30. The average molecular weight is 286 g/mol. The van der Waals surface area contributed by atoms with Crippen LogP contribution in [-0.4, -0.2) is 54.5 Å². The zero-order valence-corrected chi connectivity index (χ0v) is 13.1. The second kappa shape index (κ2) is 6.48. The van der Waals surface area contributed by atoms with Gasteiger partial charge in [-0.2, -0.15) is 0 Å². The first-order valence-corrected chi connectivity index (χ1v) is 8.02. The first-order chi connectivity index (χ1) is 10.2. The molecule has 0 radical (unpaired) electrons. The third kappa shape index (κ3) is 3.56. The minimum atomic E-state index is 0.561. The molecule has 2 aliphatic heterocycles. The SMILES string of the molecule is CC1CC(NC2=NCCN2C)CCN1Cc1ccccc1. The Balaban J connectivity index is 1.52. The zero-order chi connectivity index (χ0) is 14.7. The minimum absolute atomic E-state index is 0.561. The Labute approximate surface area is 127 Å². The fourth-order valence-electron chi connectivity index (χ4n) is 3.28. The highest BCUT2D eigenvalue weighted by Gasteiger charge is 2.27. The smallest absolute Gasteiger partial charge is 0.194 e. The third-order valence-corrected chi connectivity index (χ3v) is 4.63. The summed E-state index contributed by atoms with van der Waals surface area (Å²) in [6.07, 6.45) is 2.39. The largest absolute Gasteiger partial charge is 0.353 e. The van der Waals surface area contributed by atoms with E-state index in [2.05, 4.69) is 64.4 Å². The number of aliphatic imine (C=N–C) groups is 1. The number of hydrogen-bond acceptors (Lipinski definition) is 4. The predicted octanol–water partition coefficient (Wildman–Crippen LogP) is 1.93. The van der Waals surface area contributed by atoms with E-state index >= 15 is 0 Å². The van der Waals surface area contributed by atoms with Crippen molar-refractivity contribution < 1.29 is 0 Å². The monoisotopic (exact) mass is 286 g/mol. The molecule has 1 fully saturated rings. The molecule has 114 valence electrons. The van der Waals surface area contributed by atoms with Crippen LogP contribution >= 0.6 is 0 Å². The summed E-state index contributed by atoms with van der Waals surface area (Å²) < 4.78 is 0. The Morgan fingerprint density at radius 1 is 1.24 bits per heavy atom. The van der Waals surface area contributed by atoms with E-state index < -0.39 is 0 Å². The van der Waals surface area contributed by atoms with E-state index in [1.807, 2.05) is 0 Å². The number of piperidine rings is 1. The summed E-state index contributed by atoms with van der Waals surface area (Å²) in [5, 5.41) is 3.63. The van der Waals surface area contributed by atoms with Crippen molar-refractivity contribution in [1.29, 1.82) is 0 Å². The normalized spacial score (nSPS) is 26.8. The van der Waals surface area contributed by atoms with Gasteiger partial charge in [0.05, 0.1) is 6.54 Å². The first-order valence-electron chi connectivity index (χ1n) is 8.02. The van der Waals surface area contributed by atoms with Crippen LogP contribution in [0.1, 0.15) is 25.3 Å². The van der Waals surface area contributed by atoms with Gasteiger partial charge in [0.2, 0.25) is 0 Å². The number of rotatable bonds is 3. The van der Waals surface area contributed by atoms with E-state index in [1.54, 1.807) is 0 Å². The van der Waals surface area contributed by atoms with Crippen molar-refractivity contribution in [2.75, 3.05) is 26.7 Å². The fraction of sp³-hybridized carbons (Fsp3) is 0.588. The number of likely N-dealkylation sites (N-methyl/N-ethyl adjacent to an activating group) is 1. The van der Waals surface area contributed by atoms with Gasteiger partial charge in [0.15, 0.2) is 5.96 Å². The Bertz CT molecular complexity index is 485. The summed E-state index contributed by atoms with van der Waals surface area (Å²) in [5.41, 5.74) is 1.41. The van der Waals surface area contributed by atoms with Crippen molar-refractivity contribution in [2.45, 2.75) is 38.4 Å². The molecule has 1 N–H and O–H groups in total. The molecule has 0 bridgehead atoms. The van der Waals surface area contributed by atoms with Gasteiger partial charge in [-0.3, -0.25) is 9.89 Å². The lowest BCUT2D eigenvalue weighted by atomic mass is 9.97. The maximum absolute atomic E-state index is 4.54. The van der Waals surface area contributed by atoms with Gasteiger partial charge >= 0.3 is 0 Å². The molecular formula is C17H26N4. The fourth-order valence-corrected chi connectivity index (χ4v) is 3.28. The Hall–Kier alpha value is -1.55. The topological polar surface area (TPSA) is 30.9 Å². The lowest BCUT2D eigenvalue weighted by molar-refractivity contribution is 0.134. The lowest BCUT2D eigenvalue weighted by Gasteiger charge is -2.38. The standard InChI is InChI=1S/C17H26N4/c1-14-12-16(19-17-18-9-11-20(17)2)8-10-21(14)13-15-6-4-3-5-7-15/h3-7,14,16H,8-13H2,1-2H3,(H,18,19). The highest BCUT2D eigenvalue weighted by Crippen LogP contribution is 2.20. The minimum Gasteiger partial charge on any atom is -0.353 e. The van der Waals surface area contributed by atoms with Gasteiger partial charge in [-0.25, -0.2) is 0 Å². The molecule has 1 aromatic carbocycles. The van der Waals surface area contributed by atoms with Crippen LogP contribution in [0.4, 0.5) is 0 Å². The van der Waals surface area contributed by atoms with Crippen LogP contribution in [-0.2, 0) is 6.54 Å². The van der Waals surface area contributed by atoms with Gasteiger partial charge in [-0.15, -0.1) is 0 Å². The van der Waals surface area contributed by atoms with Crippen LogP contribution in [0.3, 0.4) is 0 Å². The van der Waals surface area contributed by atoms with Crippen molar-refractivity contribution in [3.8, 4) is 0 Å². The van der Waals surface area contributed by atoms with Crippen molar-refractivity contribution in [3.05, 3.63) is 35.9 Å². The van der Waals surface area contributed by atoms with Crippen LogP contribution in [0.25, 0.3) is 0 Å². The number of benzene rings is 1. The van der Waals surface area contributed by atoms with Gasteiger partial charge < -0.3 is 10.2 Å². The summed E-state index contributed by atoms with van der Waals surface area (Å²) in [6.45, 7) is 6.54. The molecule has 0 spiro atoms. The summed E-state index contributed by atoms with van der Waals surface area (Å²) in [5.74, 6) is 1.09. The number of nitrogens with one attached hydrogen (secondary N) is 1. The van der Waals surface area contributed by atoms with E-state index in [-0.39, 0.29) is 0 Å². The molecule has 1 saturated heterocycles. The molecule has 0 saturated carbocycles. The molecule has 0 aromatic heterocycles. The van der Waals surface area contributed by atoms with Crippen molar-refractivity contribution in [2.24, 2.45) is 4.99 Å². The Kier molecular flexibility index (Phi) is 4.44. The third-order valence-electron chi connectivity index (χ3n) is 4.63. The molecule has 2 aliphatic rings. The highest BCUT2D eigenvalue weighted by molar-refractivity contribution is 5.81. The van der Waals surface area contributed by atoms with Gasteiger partial charge in [-0.05, 0) is 25.3 Å². The zero-order valence-electron chi connectivity index (χ0n) is 13.1. The number of likely N-dealkylation sites (tertiary alicyclic amines) is 1. The molecule has 4 heteroatoms. The molecule has 3 rings (SSSR count). The molecule has 0 amide bonds. The number of nitrogens with zero attached hydrogens (tertiary/aromatic N) is 3. The highest BCUT2D eigenvalue weighted by atomic mass is 15.3. The van der Waals surface area contributed by atoms with Crippen molar-refractivity contribution >= 4 is 5.96 Å². The molecule has 2 heterocycles. The van der Waals surface area contributed by atoms with Crippen molar-refractivity contribution in [1.82, 2.24) is 15.1 Å². The van der Waals surface area contributed by atoms with Crippen LogP contribution < -0.4 is 5.32 Å². The Morgan fingerprint density at radius 2 is 2.05 bits per heavy atom. The second-order valence-corrected chi connectivity index (χ2v) is 6.30. The lowest BCUT2D eigenvalue weighted by Crippen LogP contribution is -2.50. The maximum Gasteiger partial charge on any atom is 0.194 e. The molecule has 0 aliphatic carbocycles. The average Bonchev–Trinajstić information content (AvgIpc) is 2.88. The molecule has 21 heavy (non-hydrogen) atoms. The van der Waals surface area contributed by atoms with Gasteiger partial charge in [0.25, 0.3) is 0 Å². The maximum atomic E-state index is 4.54. The Morgan fingerprint density at radius 3 is 2.71 bits per heavy atom.